The Morgan fingerprint density at radius 2 is 2.40 bits per heavy atom. The summed E-state index contributed by atoms with van der Waals surface area (Å²) in [7, 11) is 0. The van der Waals surface area contributed by atoms with Crippen molar-refractivity contribution in [3.05, 3.63) is 40.7 Å². The Bertz CT molecular complexity index is 619. The van der Waals surface area contributed by atoms with Gasteiger partial charge in [0.1, 0.15) is 6.33 Å². The van der Waals surface area contributed by atoms with Crippen LogP contribution < -0.4 is 5.32 Å². The van der Waals surface area contributed by atoms with E-state index in [0.29, 0.717) is 17.4 Å². The molecule has 1 N–H and O–H groups in total. The standard InChI is InChI=1S/C13H15N5O2/c19-18(20)12-5-1-3-10(7-12)13-15-9-17(16-13)8-11-4-2-6-14-11/h1,3,5,7,9,11,14H,2,4,6,8H2. The van der Waals surface area contributed by atoms with Gasteiger partial charge in [-0.3, -0.25) is 14.8 Å². The van der Waals surface area contributed by atoms with Gasteiger partial charge in [0.15, 0.2) is 5.82 Å². The number of hydrogen-bond acceptors (Lipinski definition) is 5. The SMILES string of the molecule is O=[N+]([O-])c1cccc(-c2ncn(CC3CCCN3)n2)c1. The zero-order valence-corrected chi connectivity index (χ0v) is 10.9. The van der Waals surface area contributed by atoms with Crippen LogP contribution in [0.4, 0.5) is 5.69 Å². The lowest BCUT2D eigenvalue weighted by Crippen LogP contribution is -2.26. The van der Waals surface area contributed by atoms with Crippen molar-refractivity contribution >= 4 is 5.69 Å². The van der Waals surface area contributed by atoms with Crippen molar-refractivity contribution < 1.29 is 4.92 Å². The highest BCUT2D eigenvalue weighted by Gasteiger charge is 2.16. The fraction of sp³-hybridized carbons (Fsp3) is 0.385. The number of hydrogen-bond donors (Lipinski definition) is 1. The molecule has 1 aliphatic heterocycles. The van der Waals surface area contributed by atoms with Crippen molar-refractivity contribution in [2.75, 3.05) is 6.54 Å². The maximum atomic E-state index is 10.8. The van der Waals surface area contributed by atoms with Crippen molar-refractivity contribution in [3.63, 3.8) is 0 Å². The summed E-state index contributed by atoms with van der Waals surface area (Å²) >= 11 is 0. The first kappa shape index (κ1) is 12.7. The van der Waals surface area contributed by atoms with Crippen LogP contribution in [0, 0.1) is 10.1 Å². The predicted octanol–water partition coefficient (Wildman–Crippen LogP) is 1.61. The molecule has 3 rings (SSSR count). The molecule has 2 aromatic rings. The van der Waals surface area contributed by atoms with Crippen molar-refractivity contribution in [2.24, 2.45) is 0 Å². The van der Waals surface area contributed by atoms with E-state index in [1.807, 2.05) is 0 Å². The molecular formula is C13H15N5O2. The fourth-order valence-electron chi connectivity index (χ4n) is 2.41. The summed E-state index contributed by atoms with van der Waals surface area (Å²) in [6.45, 7) is 1.83. The highest BCUT2D eigenvalue weighted by Crippen LogP contribution is 2.20. The van der Waals surface area contributed by atoms with Gasteiger partial charge in [-0.1, -0.05) is 12.1 Å². The lowest BCUT2D eigenvalue weighted by atomic mass is 10.2. The van der Waals surface area contributed by atoms with Crippen LogP contribution in [0.25, 0.3) is 11.4 Å². The lowest BCUT2D eigenvalue weighted by Gasteiger charge is -2.08. The number of rotatable bonds is 4. The minimum atomic E-state index is -0.414. The number of nitro groups is 1. The molecular weight excluding hydrogens is 258 g/mol. The number of benzene rings is 1. The Morgan fingerprint density at radius 1 is 1.50 bits per heavy atom. The second-order valence-corrected chi connectivity index (χ2v) is 4.89. The van der Waals surface area contributed by atoms with Crippen molar-refractivity contribution in [2.45, 2.75) is 25.4 Å². The van der Waals surface area contributed by atoms with E-state index in [9.17, 15) is 10.1 Å². The highest BCUT2D eigenvalue weighted by molar-refractivity contribution is 5.58. The Labute approximate surface area is 115 Å². The third-order valence-electron chi connectivity index (χ3n) is 3.42. The van der Waals surface area contributed by atoms with E-state index in [0.717, 1.165) is 19.5 Å². The second-order valence-electron chi connectivity index (χ2n) is 4.89. The Balaban J connectivity index is 1.78. The van der Waals surface area contributed by atoms with Gasteiger partial charge in [-0.2, -0.15) is 5.10 Å². The molecule has 1 aromatic carbocycles. The zero-order valence-electron chi connectivity index (χ0n) is 10.9. The highest BCUT2D eigenvalue weighted by atomic mass is 16.6. The van der Waals surface area contributed by atoms with Crippen molar-refractivity contribution in [1.82, 2.24) is 20.1 Å². The molecule has 1 atom stereocenters. The minimum absolute atomic E-state index is 0.0521. The van der Waals surface area contributed by atoms with Crippen molar-refractivity contribution in [1.29, 1.82) is 0 Å². The molecule has 0 radical (unpaired) electrons. The van der Waals surface area contributed by atoms with Gasteiger partial charge in [0.25, 0.3) is 5.69 Å². The summed E-state index contributed by atoms with van der Waals surface area (Å²) in [5, 5.41) is 18.6. The molecule has 1 fully saturated rings. The van der Waals surface area contributed by atoms with E-state index in [1.54, 1.807) is 23.1 Å². The summed E-state index contributed by atoms with van der Waals surface area (Å²) in [4.78, 5) is 14.6. The first-order valence-electron chi connectivity index (χ1n) is 6.60. The molecule has 1 aliphatic rings. The molecule has 1 aromatic heterocycles. The second kappa shape index (κ2) is 5.38. The van der Waals surface area contributed by atoms with E-state index < -0.39 is 4.92 Å². The maximum absolute atomic E-state index is 10.8. The molecule has 0 amide bonds. The number of nitrogens with one attached hydrogen (secondary N) is 1. The predicted molar refractivity (Wildman–Crippen MR) is 73.1 cm³/mol. The summed E-state index contributed by atoms with van der Waals surface area (Å²) in [5.74, 6) is 0.520. The molecule has 7 nitrogen and oxygen atoms in total. The molecule has 1 unspecified atom stereocenters. The number of non-ortho nitro benzene ring substituents is 1. The zero-order chi connectivity index (χ0) is 13.9. The third-order valence-corrected chi connectivity index (χ3v) is 3.42. The average Bonchev–Trinajstić information content (AvgIpc) is 3.11. The molecule has 7 heteroatoms. The minimum Gasteiger partial charge on any atom is -0.312 e. The Kier molecular flexibility index (Phi) is 3.42. The van der Waals surface area contributed by atoms with Crippen LogP contribution in [-0.2, 0) is 6.54 Å². The van der Waals surface area contributed by atoms with Gasteiger partial charge in [0.2, 0.25) is 0 Å². The molecule has 0 aliphatic carbocycles. The number of nitro benzene ring substituents is 1. The number of aromatic nitrogens is 3. The van der Waals surface area contributed by atoms with Crippen molar-refractivity contribution in [3.8, 4) is 11.4 Å². The summed E-state index contributed by atoms with van der Waals surface area (Å²) in [6.07, 6.45) is 4.01. The average molecular weight is 273 g/mol. The van der Waals surface area contributed by atoms with Crippen LogP contribution in [0.5, 0.6) is 0 Å². The molecule has 0 saturated carbocycles. The topological polar surface area (TPSA) is 85.9 Å². The van der Waals surface area contributed by atoms with Gasteiger partial charge in [-0.15, -0.1) is 0 Å². The summed E-state index contributed by atoms with van der Waals surface area (Å²) < 4.78 is 1.79. The van der Waals surface area contributed by atoms with Gasteiger partial charge in [0.05, 0.1) is 11.5 Å². The molecule has 0 spiro atoms. The Morgan fingerprint density at radius 3 is 3.15 bits per heavy atom. The molecule has 104 valence electrons. The van der Waals surface area contributed by atoms with E-state index in [4.69, 9.17) is 0 Å². The van der Waals surface area contributed by atoms with Crippen LogP contribution in [-0.4, -0.2) is 32.3 Å². The largest absolute Gasteiger partial charge is 0.312 e. The fourth-order valence-corrected chi connectivity index (χ4v) is 2.41. The van der Waals surface area contributed by atoms with Crippen LogP contribution in [0.1, 0.15) is 12.8 Å². The summed E-state index contributed by atoms with van der Waals surface area (Å²) in [5.41, 5.74) is 0.716. The van der Waals surface area contributed by atoms with E-state index >= 15 is 0 Å². The normalized spacial score (nSPS) is 18.3. The third kappa shape index (κ3) is 2.67. The first-order valence-corrected chi connectivity index (χ1v) is 6.60. The van der Waals surface area contributed by atoms with Gasteiger partial charge >= 0.3 is 0 Å². The first-order chi connectivity index (χ1) is 9.72. The smallest absolute Gasteiger partial charge is 0.270 e. The van der Waals surface area contributed by atoms with E-state index in [2.05, 4.69) is 15.4 Å². The van der Waals surface area contributed by atoms with E-state index in [-0.39, 0.29) is 5.69 Å². The Hall–Kier alpha value is -2.28. The molecule has 2 heterocycles. The van der Waals surface area contributed by atoms with Gasteiger partial charge in [0, 0.05) is 23.7 Å². The number of nitrogens with zero attached hydrogens (tertiary/aromatic N) is 4. The molecule has 1 saturated heterocycles. The maximum Gasteiger partial charge on any atom is 0.270 e. The van der Waals surface area contributed by atoms with Crippen LogP contribution >= 0.6 is 0 Å². The summed E-state index contributed by atoms with van der Waals surface area (Å²) in [6, 6.07) is 6.82. The van der Waals surface area contributed by atoms with E-state index in [1.165, 1.54) is 18.6 Å². The van der Waals surface area contributed by atoms with Gasteiger partial charge in [-0.25, -0.2) is 4.98 Å². The van der Waals surface area contributed by atoms with Gasteiger partial charge in [-0.05, 0) is 19.4 Å². The quantitative estimate of drug-likeness (QED) is 0.675. The van der Waals surface area contributed by atoms with Gasteiger partial charge < -0.3 is 5.32 Å². The molecule has 0 bridgehead atoms. The van der Waals surface area contributed by atoms with Crippen LogP contribution in [0.3, 0.4) is 0 Å². The molecule has 20 heavy (non-hydrogen) atoms. The monoisotopic (exact) mass is 273 g/mol. The van der Waals surface area contributed by atoms with Crippen LogP contribution in [0.15, 0.2) is 30.6 Å². The lowest BCUT2D eigenvalue weighted by molar-refractivity contribution is -0.384. The van der Waals surface area contributed by atoms with Crippen LogP contribution in [0.2, 0.25) is 0 Å².